The Morgan fingerprint density at radius 1 is 0.616 bits per heavy atom. The van der Waals surface area contributed by atoms with Crippen LogP contribution in [0.2, 0.25) is 0 Å². The van der Waals surface area contributed by atoms with Gasteiger partial charge in [0.1, 0.15) is 24.4 Å². The van der Waals surface area contributed by atoms with Crippen molar-refractivity contribution in [3.05, 3.63) is 60.2 Å². The highest BCUT2D eigenvalue weighted by atomic mass is 32.3. The van der Waals surface area contributed by atoms with E-state index in [1.54, 1.807) is 36.4 Å². The summed E-state index contributed by atoms with van der Waals surface area (Å²) in [6, 6.07) is 7.09. The maximum absolute atomic E-state index is 13.7. The summed E-state index contributed by atoms with van der Waals surface area (Å²) in [5, 5.41) is 24.4. The lowest BCUT2D eigenvalue weighted by Gasteiger charge is -2.41. The van der Waals surface area contributed by atoms with Gasteiger partial charge in [-0.1, -0.05) is 204 Å². The minimum Gasteiger partial charge on any atom is -0.452 e. The Labute approximate surface area is 440 Å². The van der Waals surface area contributed by atoms with E-state index in [-0.39, 0.29) is 17.9 Å². The number of rotatable bonds is 46. The Morgan fingerprint density at radius 3 is 1.53 bits per heavy atom. The fourth-order valence-corrected chi connectivity index (χ4v) is 9.66. The summed E-state index contributed by atoms with van der Waals surface area (Å²) in [5.74, 6) is -1.08. The molecule has 0 saturated carbocycles. The molecule has 1 aromatic carbocycles. The van der Waals surface area contributed by atoms with Gasteiger partial charge in [-0.2, -0.15) is 16.8 Å². The van der Waals surface area contributed by atoms with Gasteiger partial charge in [0.2, 0.25) is 5.91 Å². The molecule has 0 aromatic heterocycles. The van der Waals surface area contributed by atoms with Gasteiger partial charge in [0.25, 0.3) is 0 Å². The first-order valence-electron chi connectivity index (χ1n) is 27.9. The molecule has 1 aliphatic heterocycles. The highest BCUT2D eigenvalue weighted by molar-refractivity contribution is 7.81. The van der Waals surface area contributed by atoms with Crippen LogP contribution < -0.4 is 5.32 Å². The smallest absolute Gasteiger partial charge is 0.397 e. The number of ether oxygens (including phenoxy) is 3. The molecule has 1 amide bonds. The molecule has 2 rings (SSSR count). The third kappa shape index (κ3) is 34.5. The van der Waals surface area contributed by atoms with E-state index in [1.165, 1.54) is 135 Å². The Morgan fingerprint density at radius 2 is 1.07 bits per heavy atom. The van der Waals surface area contributed by atoms with Crippen molar-refractivity contribution in [1.29, 1.82) is 0 Å². The molecule has 0 unspecified atom stereocenters. The zero-order valence-corrected chi connectivity index (χ0v) is 46.0. The van der Waals surface area contributed by atoms with Crippen LogP contribution >= 0.6 is 0 Å². The largest absolute Gasteiger partial charge is 0.452 e. The van der Waals surface area contributed by atoms with E-state index in [4.69, 9.17) is 18.8 Å². The van der Waals surface area contributed by atoms with Crippen molar-refractivity contribution in [1.82, 2.24) is 5.32 Å². The van der Waals surface area contributed by atoms with Gasteiger partial charge >= 0.3 is 26.8 Å². The van der Waals surface area contributed by atoms with Gasteiger partial charge in [-0.3, -0.25) is 13.9 Å². The molecule has 0 spiro atoms. The minimum atomic E-state index is -5.30. The molecule has 0 radical (unpaired) electrons. The van der Waals surface area contributed by atoms with Crippen LogP contribution in [0.5, 0.6) is 0 Å². The summed E-state index contributed by atoms with van der Waals surface area (Å²) >= 11 is 0. The molecule has 422 valence electrons. The van der Waals surface area contributed by atoms with Crippen LogP contribution in [0.4, 0.5) is 0 Å². The van der Waals surface area contributed by atoms with E-state index in [0.29, 0.717) is 12.8 Å². The number of allylic oxidation sites excluding steroid dienone is 3. The molecule has 0 aliphatic carbocycles. The van der Waals surface area contributed by atoms with Crippen LogP contribution in [0.15, 0.2) is 54.6 Å². The van der Waals surface area contributed by atoms with Crippen molar-refractivity contribution in [2.45, 2.75) is 262 Å². The molecule has 7 atom stereocenters. The lowest BCUT2D eigenvalue weighted by atomic mass is 9.99. The molecule has 1 heterocycles. The SMILES string of the molecule is CCCCCCCC/C=C\CCCCCCCCCCCCCC(=O)N[C@@H](CO[C@@H]1O[C@H](COS(=O)(=O)O)[C@H](O)[C@H](O)[C@H]1OS(=O)(=O)O)[C@@H](/C=C/CCCCCCCCCCCCC)OC(=O)c1ccccc1. The molecule has 1 aromatic rings. The standard InChI is InChI=1S/C55H95NO15S2/c1-3-5-7-9-11-13-15-17-18-19-20-21-22-23-24-26-28-30-32-34-39-43-50(57)56-47(44-67-55-53(71-73(64,65)66)52(59)51(58)49(70-55)45-68-72(61,62)63)48(69-54(60)46-40-36-35-37-41-46)42-38-33-31-29-27-25-16-14-12-10-8-6-4-2/h17-18,35-38,40-42,47-49,51-53,55,58-59H,3-16,19-34,39,43-45H2,1-2H3,(H,56,57)(H,61,62,63)(H,64,65,66)/b18-17-,42-38+/t47-,48+,49+,51-,52-,53+,55+/m0/s1. The highest BCUT2D eigenvalue weighted by Gasteiger charge is 2.49. The number of nitrogens with one attached hydrogen (secondary N) is 1. The van der Waals surface area contributed by atoms with Gasteiger partial charge < -0.3 is 29.7 Å². The van der Waals surface area contributed by atoms with Gasteiger partial charge in [0.15, 0.2) is 12.4 Å². The van der Waals surface area contributed by atoms with Gasteiger partial charge in [0.05, 0.1) is 24.8 Å². The van der Waals surface area contributed by atoms with Crippen LogP contribution in [-0.2, 0) is 48.2 Å². The number of carbonyl (C=O) groups excluding carboxylic acids is 2. The van der Waals surface area contributed by atoms with Crippen LogP contribution in [0.25, 0.3) is 0 Å². The third-order valence-corrected chi connectivity index (χ3v) is 14.1. The fourth-order valence-electron chi connectivity index (χ4n) is 8.86. The first-order valence-corrected chi connectivity index (χ1v) is 30.7. The van der Waals surface area contributed by atoms with E-state index in [1.807, 2.05) is 6.08 Å². The molecular weight excluding hydrogens is 979 g/mol. The third-order valence-electron chi connectivity index (χ3n) is 13.2. The van der Waals surface area contributed by atoms with Crippen molar-refractivity contribution < 1.29 is 68.3 Å². The van der Waals surface area contributed by atoms with E-state index >= 15 is 0 Å². The Hall–Kier alpha value is -2.78. The molecule has 1 aliphatic rings. The number of hydrogen-bond donors (Lipinski definition) is 5. The van der Waals surface area contributed by atoms with Crippen LogP contribution in [0, 0.1) is 0 Å². The molecule has 0 bridgehead atoms. The van der Waals surface area contributed by atoms with Crippen molar-refractivity contribution in [3.8, 4) is 0 Å². The van der Waals surface area contributed by atoms with E-state index in [0.717, 1.165) is 51.4 Å². The summed E-state index contributed by atoms with van der Waals surface area (Å²) in [6.07, 6.45) is 33.1. The summed E-state index contributed by atoms with van der Waals surface area (Å²) in [4.78, 5) is 27.2. The fraction of sp³-hybridized carbons (Fsp3) is 0.782. The summed E-state index contributed by atoms with van der Waals surface area (Å²) in [7, 11) is -10.3. The molecular formula is C55H95NO15S2. The second-order valence-electron chi connectivity index (χ2n) is 19.7. The number of hydrogen-bond acceptors (Lipinski definition) is 13. The predicted octanol–water partition coefficient (Wildman–Crippen LogP) is 11.8. The maximum atomic E-state index is 13.7. The van der Waals surface area contributed by atoms with Crippen molar-refractivity contribution in [2.75, 3.05) is 13.2 Å². The van der Waals surface area contributed by atoms with Crippen LogP contribution in [-0.4, -0.2) is 104 Å². The van der Waals surface area contributed by atoms with Crippen molar-refractivity contribution in [3.63, 3.8) is 0 Å². The number of esters is 1. The van der Waals surface area contributed by atoms with E-state index < -0.39 is 82.8 Å². The number of benzene rings is 1. The topological polar surface area (TPSA) is 242 Å². The molecule has 1 fully saturated rings. The van der Waals surface area contributed by atoms with Gasteiger partial charge in [-0.05, 0) is 63.2 Å². The average molecular weight is 1070 g/mol. The zero-order chi connectivity index (χ0) is 53.4. The normalized spacial score (nSPS) is 19.4. The lowest BCUT2D eigenvalue weighted by molar-refractivity contribution is -0.296. The van der Waals surface area contributed by atoms with Gasteiger partial charge in [-0.25, -0.2) is 13.2 Å². The van der Waals surface area contributed by atoms with Crippen molar-refractivity contribution in [2.24, 2.45) is 0 Å². The maximum Gasteiger partial charge on any atom is 0.397 e. The Balaban J connectivity index is 2.05. The first-order chi connectivity index (χ1) is 35.1. The summed E-state index contributed by atoms with van der Waals surface area (Å²) < 4.78 is 91.6. The Bertz CT molecular complexity index is 1830. The highest BCUT2D eigenvalue weighted by Crippen LogP contribution is 2.27. The first kappa shape index (κ1) is 66.3. The average Bonchev–Trinajstić information content (AvgIpc) is 3.35. The van der Waals surface area contributed by atoms with Crippen LogP contribution in [0.3, 0.4) is 0 Å². The van der Waals surface area contributed by atoms with Crippen molar-refractivity contribution >= 4 is 32.7 Å². The zero-order valence-electron chi connectivity index (χ0n) is 44.4. The number of aliphatic hydroxyl groups is 2. The van der Waals surface area contributed by atoms with Gasteiger partial charge in [-0.15, -0.1) is 0 Å². The molecule has 5 N–H and O–H groups in total. The number of aliphatic hydroxyl groups excluding tert-OH is 2. The predicted molar refractivity (Wildman–Crippen MR) is 285 cm³/mol. The molecule has 73 heavy (non-hydrogen) atoms. The second kappa shape index (κ2) is 41.4. The quantitative estimate of drug-likeness (QED) is 0.0176. The minimum absolute atomic E-state index is 0.140. The summed E-state index contributed by atoms with van der Waals surface area (Å²) in [6.45, 7) is 2.86. The van der Waals surface area contributed by atoms with E-state index in [2.05, 4.69) is 39.7 Å². The molecule has 16 nitrogen and oxygen atoms in total. The van der Waals surface area contributed by atoms with E-state index in [9.17, 15) is 41.2 Å². The number of amides is 1. The van der Waals surface area contributed by atoms with Crippen LogP contribution in [0.1, 0.15) is 230 Å². The second-order valence-corrected chi connectivity index (χ2v) is 21.8. The Kier molecular flexibility index (Phi) is 37.6. The number of unbranched alkanes of at least 4 members (excludes halogenated alkanes) is 28. The monoisotopic (exact) mass is 1070 g/mol. The summed E-state index contributed by atoms with van der Waals surface area (Å²) in [5.41, 5.74) is 0.241. The molecule has 18 heteroatoms. The molecule has 1 saturated heterocycles. The lowest BCUT2D eigenvalue weighted by Crippen LogP contribution is -2.61. The number of carbonyl (C=O) groups is 2. The van der Waals surface area contributed by atoms with Gasteiger partial charge in [0, 0.05) is 6.42 Å².